The summed E-state index contributed by atoms with van der Waals surface area (Å²) < 4.78 is 48.7. The van der Waals surface area contributed by atoms with Crippen LogP contribution in [-0.4, -0.2) is 64.2 Å². The Morgan fingerprint density at radius 1 is 1.20 bits per heavy atom. The molecule has 1 unspecified atom stereocenters. The van der Waals surface area contributed by atoms with Crippen molar-refractivity contribution in [1.29, 1.82) is 0 Å². The van der Waals surface area contributed by atoms with Crippen molar-refractivity contribution in [2.75, 3.05) is 30.3 Å². The molecule has 2 N–H and O–H groups in total. The fraction of sp³-hybridized carbons (Fsp3) is 0.429. The van der Waals surface area contributed by atoms with E-state index in [4.69, 9.17) is 21.8 Å². The van der Waals surface area contributed by atoms with Gasteiger partial charge in [0.15, 0.2) is 0 Å². The van der Waals surface area contributed by atoms with Crippen molar-refractivity contribution in [3.05, 3.63) is 58.7 Å². The Kier molecular flexibility index (Phi) is 7.86. The summed E-state index contributed by atoms with van der Waals surface area (Å²) in [6.45, 7) is 4.94. The molecular formula is C28H31ClF3N5O2S. The number of piperidine rings is 1. The maximum Gasteiger partial charge on any atom is 0.250 e. The highest BCUT2D eigenvalue weighted by molar-refractivity contribution is 8.14. The minimum atomic E-state index is -2.64. The second-order valence-electron chi connectivity index (χ2n) is 11.0. The van der Waals surface area contributed by atoms with E-state index in [0.717, 1.165) is 5.56 Å². The Morgan fingerprint density at radius 2 is 1.88 bits per heavy atom. The van der Waals surface area contributed by atoms with Gasteiger partial charge in [0.1, 0.15) is 5.82 Å². The molecule has 1 saturated heterocycles. The molecule has 3 heterocycles. The standard InChI is InChI=1S/C28H31ClF3N5O2S/c1-27(2,16-36-10-8-28(31,32)9-11-36)26-35-34-24(39-26)19-12-22-23(13-20(19)30)40(3)15-21(33)25(38)37(22)14-17-4-6-18(29)7-5-17/h4-7,12-13,21H,3,8-11,14-16,33H2,1-2H3/t21-,40?/m0/s1. The number of carbonyl (C=O) groups excluding carboxylic acids is 1. The largest absolute Gasteiger partial charge is 0.420 e. The monoisotopic (exact) mass is 593 g/mol. The molecule has 2 atom stereocenters. The lowest BCUT2D eigenvalue weighted by atomic mass is 9.91. The number of nitrogens with zero attached hydrogens (tertiary/aromatic N) is 4. The van der Waals surface area contributed by atoms with E-state index in [2.05, 4.69) is 16.1 Å². The van der Waals surface area contributed by atoms with Crippen LogP contribution in [0.3, 0.4) is 0 Å². The number of anilines is 1. The Bertz CT molecular complexity index is 1440. The van der Waals surface area contributed by atoms with Crippen molar-refractivity contribution in [3.8, 4) is 11.5 Å². The van der Waals surface area contributed by atoms with Crippen LogP contribution in [0, 0.1) is 5.82 Å². The lowest BCUT2D eigenvalue weighted by Crippen LogP contribution is -2.44. The summed E-state index contributed by atoms with van der Waals surface area (Å²) in [4.78, 5) is 17.4. The van der Waals surface area contributed by atoms with E-state index in [1.165, 1.54) is 11.0 Å². The quantitative estimate of drug-likeness (QED) is 0.381. The second-order valence-corrected chi connectivity index (χ2v) is 13.2. The van der Waals surface area contributed by atoms with Crippen molar-refractivity contribution < 1.29 is 22.4 Å². The minimum Gasteiger partial charge on any atom is -0.420 e. The number of likely N-dealkylation sites (tertiary alicyclic amines) is 1. The second kappa shape index (κ2) is 10.9. The SMILES string of the molecule is C=S1C[C@H](N)C(=O)N(Cc2ccc(Cl)cc2)c2cc(-c3nnc(C(C)(C)CN4CCC(F)(F)CC4)o3)c(F)cc21. The summed E-state index contributed by atoms with van der Waals surface area (Å²) in [7, 11) is -0.734. The Morgan fingerprint density at radius 3 is 2.55 bits per heavy atom. The fourth-order valence-corrected chi connectivity index (χ4v) is 6.67. The smallest absolute Gasteiger partial charge is 0.250 e. The molecule has 0 radical (unpaired) electrons. The average Bonchev–Trinajstić information content (AvgIpc) is 3.38. The van der Waals surface area contributed by atoms with Crippen LogP contribution >= 0.6 is 22.1 Å². The molecule has 7 nitrogen and oxygen atoms in total. The van der Waals surface area contributed by atoms with Gasteiger partial charge in [-0.3, -0.25) is 4.79 Å². The number of rotatable bonds is 6. The number of hydrogen-bond acceptors (Lipinski definition) is 6. The number of alkyl halides is 2. The normalized spacial score (nSPS) is 21.8. The van der Waals surface area contributed by atoms with E-state index < -0.39 is 33.7 Å². The predicted octanol–water partition coefficient (Wildman–Crippen LogP) is 5.47. The fourth-order valence-electron chi connectivity index (χ4n) is 5.05. The number of amides is 1. The van der Waals surface area contributed by atoms with E-state index in [9.17, 15) is 13.6 Å². The number of halogens is 4. The average molecular weight is 594 g/mol. The highest BCUT2D eigenvalue weighted by Gasteiger charge is 2.38. The summed E-state index contributed by atoms with van der Waals surface area (Å²) in [5.41, 5.74) is 6.91. The first-order chi connectivity index (χ1) is 18.8. The molecule has 1 aromatic heterocycles. The molecule has 2 aromatic carbocycles. The van der Waals surface area contributed by atoms with E-state index in [1.807, 2.05) is 30.9 Å². The van der Waals surface area contributed by atoms with Gasteiger partial charge >= 0.3 is 0 Å². The van der Waals surface area contributed by atoms with Gasteiger partial charge in [-0.1, -0.05) is 29.6 Å². The minimum absolute atomic E-state index is 0.0371. The number of fused-ring (bicyclic) bond motifs is 1. The van der Waals surface area contributed by atoms with Crippen LogP contribution in [0.15, 0.2) is 45.7 Å². The maximum atomic E-state index is 15.5. The molecule has 40 heavy (non-hydrogen) atoms. The van der Waals surface area contributed by atoms with Crippen molar-refractivity contribution in [3.63, 3.8) is 0 Å². The van der Waals surface area contributed by atoms with Crippen molar-refractivity contribution in [1.82, 2.24) is 15.1 Å². The summed E-state index contributed by atoms with van der Waals surface area (Å²) in [5, 5.41) is 8.88. The van der Waals surface area contributed by atoms with Crippen LogP contribution in [-0.2, 0) is 16.8 Å². The van der Waals surface area contributed by atoms with E-state index in [1.54, 1.807) is 18.2 Å². The molecule has 214 valence electrons. The zero-order valence-electron chi connectivity index (χ0n) is 22.3. The molecule has 0 bridgehead atoms. The van der Waals surface area contributed by atoms with Gasteiger partial charge < -0.3 is 20.0 Å². The van der Waals surface area contributed by atoms with E-state index in [0.29, 0.717) is 27.9 Å². The van der Waals surface area contributed by atoms with Crippen LogP contribution < -0.4 is 10.6 Å². The molecule has 5 rings (SSSR count). The first-order valence-electron chi connectivity index (χ1n) is 12.9. The molecule has 0 aliphatic carbocycles. The van der Waals surface area contributed by atoms with Crippen molar-refractivity contribution in [2.24, 2.45) is 5.73 Å². The highest BCUT2D eigenvalue weighted by atomic mass is 35.5. The summed E-state index contributed by atoms with van der Waals surface area (Å²) in [6.07, 6.45) is -0.386. The summed E-state index contributed by atoms with van der Waals surface area (Å²) in [5.74, 6) is 1.17. The van der Waals surface area contributed by atoms with Gasteiger partial charge in [0, 0.05) is 48.1 Å². The number of nitrogens with two attached hydrogens (primary N) is 1. The molecule has 0 spiro atoms. The van der Waals surface area contributed by atoms with Crippen LogP contribution in [0.25, 0.3) is 11.5 Å². The third-order valence-electron chi connectivity index (χ3n) is 7.31. The number of benzene rings is 2. The molecule has 2 aliphatic heterocycles. The van der Waals surface area contributed by atoms with Gasteiger partial charge in [0.05, 0.1) is 29.3 Å². The molecular weight excluding hydrogens is 563 g/mol. The van der Waals surface area contributed by atoms with Crippen LogP contribution in [0.4, 0.5) is 18.9 Å². The zero-order chi connectivity index (χ0) is 28.8. The van der Waals surface area contributed by atoms with Gasteiger partial charge in [0.2, 0.25) is 11.8 Å². The summed E-state index contributed by atoms with van der Waals surface area (Å²) >= 11 is 6.03. The first kappa shape index (κ1) is 28.8. The van der Waals surface area contributed by atoms with Crippen molar-refractivity contribution >= 4 is 39.5 Å². The van der Waals surface area contributed by atoms with E-state index in [-0.39, 0.29) is 55.7 Å². The van der Waals surface area contributed by atoms with Gasteiger partial charge in [0.25, 0.3) is 11.8 Å². The lowest BCUT2D eigenvalue weighted by molar-refractivity contribution is -0.119. The predicted molar refractivity (Wildman–Crippen MR) is 152 cm³/mol. The van der Waals surface area contributed by atoms with E-state index >= 15 is 4.39 Å². The third-order valence-corrected chi connectivity index (χ3v) is 9.27. The lowest BCUT2D eigenvalue weighted by Gasteiger charge is -2.35. The third kappa shape index (κ3) is 5.97. The van der Waals surface area contributed by atoms with Gasteiger partial charge in [-0.25, -0.2) is 13.2 Å². The summed E-state index contributed by atoms with van der Waals surface area (Å²) in [6, 6.07) is 9.21. The number of carbonyl (C=O) groups is 1. The molecule has 12 heteroatoms. The molecule has 3 aromatic rings. The number of hydrogen-bond donors (Lipinski definition) is 1. The zero-order valence-corrected chi connectivity index (χ0v) is 23.9. The maximum absolute atomic E-state index is 15.5. The molecule has 1 fully saturated rings. The Balaban J connectivity index is 1.47. The van der Waals surface area contributed by atoms with Gasteiger partial charge in [-0.05, 0) is 43.7 Å². The molecule has 0 saturated carbocycles. The van der Waals surface area contributed by atoms with Gasteiger partial charge in [-0.15, -0.1) is 10.2 Å². The highest BCUT2D eigenvalue weighted by Crippen LogP contribution is 2.42. The van der Waals surface area contributed by atoms with Crippen LogP contribution in [0.2, 0.25) is 5.02 Å². The Hall–Kier alpha value is -2.73. The van der Waals surface area contributed by atoms with Crippen molar-refractivity contribution in [2.45, 2.75) is 55.5 Å². The molecule has 2 aliphatic rings. The Labute approximate surface area is 238 Å². The number of aromatic nitrogens is 2. The van der Waals surface area contributed by atoms with Gasteiger partial charge in [-0.2, -0.15) is 10.5 Å². The first-order valence-corrected chi connectivity index (χ1v) is 14.9. The van der Waals surface area contributed by atoms with Crippen LogP contribution in [0.5, 0.6) is 0 Å². The molecule has 1 amide bonds. The van der Waals surface area contributed by atoms with Crippen LogP contribution in [0.1, 0.15) is 38.1 Å². The topological polar surface area (TPSA) is 88.5 Å².